The second-order valence-electron chi connectivity index (χ2n) is 4.55. The van der Waals surface area contributed by atoms with E-state index < -0.39 is 0 Å². The summed E-state index contributed by atoms with van der Waals surface area (Å²) in [5, 5.41) is 9.40. The third kappa shape index (κ3) is 3.33. The molecule has 0 spiro atoms. The molecule has 0 radical (unpaired) electrons. The van der Waals surface area contributed by atoms with Crippen molar-refractivity contribution in [2.75, 3.05) is 0 Å². The SMILES string of the molecule is CCC/C=c1/cc/c(=C(\C#N)c2ccc(C)cc2)s1. The normalized spacial score (nSPS) is 13.2. The summed E-state index contributed by atoms with van der Waals surface area (Å²) < 4.78 is 2.30. The van der Waals surface area contributed by atoms with Gasteiger partial charge in [0.1, 0.15) is 6.07 Å². The predicted octanol–water partition coefficient (Wildman–Crippen LogP) is 3.36. The molecule has 0 atom stereocenters. The Kier molecular flexibility index (Phi) is 4.54. The van der Waals surface area contributed by atoms with Gasteiger partial charge in [0.05, 0.1) is 5.57 Å². The standard InChI is InChI=1S/C17H17NS/c1-3-4-5-15-10-11-17(19-15)16(12-18)14-8-6-13(2)7-9-14/h5-11H,3-4H2,1-2H3/b15-5-,17-16-. The third-order valence-electron chi connectivity index (χ3n) is 2.96. The van der Waals surface area contributed by atoms with Crippen LogP contribution < -0.4 is 9.06 Å². The highest BCUT2D eigenvalue weighted by atomic mass is 32.1. The van der Waals surface area contributed by atoms with Gasteiger partial charge >= 0.3 is 0 Å². The van der Waals surface area contributed by atoms with Crippen molar-refractivity contribution in [1.82, 2.24) is 0 Å². The van der Waals surface area contributed by atoms with E-state index in [2.05, 4.69) is 32.1 Å². The van der Waals surface area contributed by atoms with E-state index in [1.54, 1.807) is 11.3 Å². The molecule has 0 bridgehead atoms. The smallest absolute Gasteiger partial charge is 0.101 e. The molecule has 1 aromatic carbocycles. The molecule has 0 aliphatic heterocycles. The van der Waals surface area contributed by atoms with Crippen molar-refractivity contribution in [3.05, 3.63) is 56.6 Å². The zero-order chi connectivity index (χ0) is 13.7. The van der Waals surface area contributed by atoms with Crippen LogP contribution in [0.15, 0.2) is 36.4 Å². The molecule has 2 heteroatoms. The minimum Gasteiger partial charge on any atom is -0.192 e. The summed E-state index contributed by atoms with van der Waals surface area (Å²) in [6.45, 7) is 4.23. The van der Waals surface area contributed by atoms with Gasteiger partial charge in [-0.2, -0.15) is 5.26 Å². The summed E-state index contributed by atoms with van der Waals surface area (Å²) in [4.78, 5) is 0. The summed E-state index contributed by atoms with van der Waals surface area (Å²) in [7, 11) is 0. The van der Waals surface area contributed by atoms with Crippen LogP contribution >= 0.6 is 11.3 Å². The number of unbranched alkanes of at least 4 members (excludes halogenated alkanes) is 1. The van der Waals surface area contributed by atoms with Crippen LogP contribution in [-0.2, 0) is 0 Å². The maximum absolute atomic E-state index is 9.40. The van der Waals surface area contributed by atoms with Gasteiger partial charge in [-0.15, -0.1) is 11.3 Å². The van der Waals surface area contributed by atoms with Gasteiger partial charge in [-0.3, -0.25) is 0 Å². The summed E-state index contributed by atoms with van der Waals surface area (Å²) in [6.07, 6.45) is 4.48. The Morgan fingerprint density at radius 1 is 1.21 bits per heavy atom. The second-order valence-corrected chi connectivity index (χ2v) is 5.66. The number of nitrogens with zero attached hydrogens (tertiary/aromatic N) is 1. The highest BCUT2D eigenvalue weighted by Gasteiger charge is 2.02. The molecule has 0 amide bonds. The monoisotopic (exact) mass is 267 g/mol. The molecule has 0 unspecified atom stereocenters. The van der Waals surface area contributed by atoms with Gasteiger partial charge in [-0.05, 0) is 31.0 Å². The Morgan fingerprint density at radius 2 is 1.95 bits per heavy atom. The van der Waals surface area contributed by atoms with Gasteiger partial charge in [0.2, 0.25) is 0 Å². The van der Waals surface area contributed by atoms with Crippen molar-refractivity contribution in [2.24, 2.45) is 0 Å². The Hall–Kier alpha value is -1.85. The van der Waals surface area contributed by atoms with E-state index in [0.29, 0.717) is 0 Å². The Balaban J connectivity index is 2.51. The lowest BCUT2D eigenvalue weighted by molar-refractivity contribution is 0.993. The highest BCUT2D eigenvalue weighted by Crippen LogP contribution is 2.11. The van der Waals surface area contributed by atoms with Gasteiger partial charge in [0.15, 0.2) is 0 Å². The van der Waals surface area contributed by atoms with Crippen molar-refractivity contribution in [3.63, 3.8) is 0 Å². The van der Waals surface area contributed by atoms with Crippen molar-refractivity contribution < 1.29 is 0 Å². The van der Waals surface area contributed by atoms with Crippen LogP contribution in [0.1, 0.15) is 30.9 Å². The molecule has 0 saturated carbocycles. The number of hydrogen-bond donors (Lipinski definition) is 0. The van der Waals surface area contributed by atoms with Crippen molar-refractivity contribution in [3.8, 4) is 6.07 Å². The Morgan fingerprint density at radius 3 is 2.58 bits per heavy atom. The van der Waals surface area contributed by atoms with E-state index in [1.165, 1.54) is 10.1 Å². The van der Waals surface area contributed by atoms with Crippen LogP contribution in [0.3, 0.4) is 0 Å². The molecule has 19 heavy (non-hydrogen) atoms. The minimum atomic E-state index is 0.765. The molecule has 1 aromatic heterocycles. The maximum Gasteiger partial charge on any atom is 0.101 e. The van der Waals surface area contributed by atoms with Crippen LogP contribution in [0.5, 0.6) is 0 Å². The minimum absolute atomic E-state index is 0.765. The van der Waals surface area contributed by atoms with Crippen LogP contribution in [0.4, 0.5) is 0 Å². The Labute approximate surface area is 118 Å². The number of nitriles is 1. The van der Waals surface area contributed by atoms with Crippen LogP contribution in [0.25, 0.3) is 11.6 Å². The fourth-order valence-corrected chi connectivity index (χ4v) is 2.86. The number of thiophene rings is 1. The molecule has 96 valence electrons. The first kappa shape index (κ1) is 13.6. The van der Waals surface area contributed by atoms with E-state index in [1.807, 2.05) is 30.3 Å². The van der Waals surface area contributed by atoms with E-state index in [9.17, 15) is 5.26 Å². The molecule has 0 aliphatic carbocycles. The predicted molar refractivity (Wildman–Crippen MR) is 82.2 cm³/mol. The average Bonchev–Trinajstić information content (AvgIpc) is 2.88. The molecule has 0 N–H and O–H groups in total. The highest BCUT2D eigenvalue weighted by molar-refractivity contribution is 7.07. The molecule has 2 aromatic rings. The first-order valence-electron chi connectivity index (χ1n) is 6.52. The van der Waals surface area contributed by atoms with Gasteiger partial charge in [-0.25, -0.2) is 0 Å². The lowest BCUT2D eigenvalue weighted by Gasteiger charge is -1.98. The molecular weight excluding hydrogens is 250 g/mol. The molecular formula is C17H17NS. The van der Waals surface area contributed by atoms with Crippen LogP contribution in [0, 0.1) is 18.3 Å². The number of rotatable bonds is 3. The molecule has 1 heterocycles. The first-order valence-corrected chi connectivity index (χ1v) is 7.33. The van der Waals surface area contributed by atoms with Crippen LogP contribution in [-0.4, -0.2) is 0 Å². The van der Waals surface area contributed by atoms with E-state index in [-0.39, 0.29) is 0 Å². The number of aryl methyl sites for hydroxylation is 1. The summed E-state index contributed by atoms with van der Waals surface area (Å²) in [6, 6.07) is 14.6. The largest absolute Gasteiger partial charge is 0.192 e. The maximum atomic E-state index is 9.40. The second kappa shape index (κ2) is 6.36. The van der Waals surface area contributed by atoms with E-state index in [4.69, 9.17) is 0 Å². The fourth-order valence-electron chi connectivity index (χ4n) is 1.87. The quantitative estimate of drug-likeness (QED) is 0.836. The van der Waals surface area contributed by atoms with E-state index in [0.717, 1.165) is 28.5 Å². The van der Waals surface area contributed by atoms with Gasteiger partial charge in [-0.1, -0.05) is 49.2 Å². The summed E-state index contributed by atoms with van der Waals surface area (Å²) in [5.74, 6) is 0. The first-order chi connectivity index (χ1) is 9.24. The van der Waals surface area contributed by atoms with Gasteiger partial charge in [0.25, 0.3) is 0 Å². The third-order valence-corrected chi connectivity index (χ3v) is 4.06. The topological polar surface area (TPSA) is 23.8 Å². The summed E-state index contributed by atoms with van der Waals surface area (Å²) >= 11 is 1.69. The molecule has 2 rings (SSSR count). The number of benzene rings is 1. The van der Waals surface area contributed by atoms with Crippen molar-refractivity contribution >= 4 is 23.0 Å². The molecule has 1 nitrogen and oxygen atoms in total. The Bertz CT molecular complexity index is 699. The van der Waals surface area contributed by atoms with Crippen molar-refractivity contribution in [1.29, 1.82) is 5.26 Å². The molecule has 0 fully saturated rings. The van der Waals surface area contributed by atoms with Gasteiger partial charge < -0.3 is 0 Å². The molecule has 0 aliphatic rings. The zero-order valence-electron chi connectivity index (χ0n) is 11.3. The summed E-state index contributed by atoms with van der Waals surface area (Å²) in [5.41, 5.74) is 2.97. The average molecular weight is 267 g/mol. The van der Waals surface area contributed by atoms with Crippen molar-refractivity contribution in [2.45, 2.75) is 26.7 Å². The lowest BCUT2D eigenvalue weighted by atomic mass is 10.1. The number of hydrogen-bond acceptors (Lipinski definition) is 2. The van der Waals surface area contributed by atoms with Gasteiger partial charge in [0, 0.05) is 9.06 Å². The lowest BCUT2D eigenvalue weighted by Crippen LogP contribution is -2.00. The van der Waals surface area contributed by atoms with Crippen LogP contribution in [0.2, 0.25) is 0 Å². The molecule has 0 saturated heterocycles. The van der Waals surface area contributed by atoms with E-state index >= 15 is 0 Å². The zero-order valence-corrected chi connectivity index (χ0v) is 12.1. The fraction of sp³-hybridized carbons (Fsp3) is 0.235.